The number of hydrogen-bond acceptors (Lipinski definition) is 5. The molecule has 0 saturated carbocycles. The lowest BCUT2D eigenvalue weighted by Gasteiger charge is -2.27. The van der Waals surface area contributed by atoms with E-state index in [2.05, 4.69) is 14.6 Å². The number of furan rings is 1. The number of rotatable bonds is 3. The number of nitrogens with two attached hydrogens (primary N) is 1. The molecule has 0 aromatic carbocycles. The highest BCUT2D eigenvalue weighted by Crippen LogP contribution is 2.11. The van der Waals surface area contributed by atoms with Gasteiger partial charge in [-0.25, -0.2) is 9.79 Å². The van der Waals surface area contributed by atoms with Crippen molar-refractivity contribution in [1.82, 2.24) is 4.90 Å². The van der Waals surface area contributed by atoms with E-state index in [1.54, 1.807) is 12.1 Å². The molecule has 0 spiro atoms. The first-order chi connectivity index (χ1) is 9.20. The molecule has 1 aromatic heterocycles. The minimum Gasteiger partial charge on any atom is -0.463 e. The zero-order chi connectivity index (χ0) is 13.7. The van der Waals surface area contributed by atoms with Gasteiger partial charge in [0.05, 0.1) is 7.11 Å². The molecular weight excluding hydrogens is 266 g/mol. The van der Waals surface area contributed by atoms with E-state index < -0.39 is 5.97 Å². The van der Waals surface area contributed by atoms with Crippen LogP contribution in [0, 0.1) is 0 Å². The van der Waals surface area contributed by atoms with Gasteiger partial charge in [-0.3, -0.25) is 0 Å². The average molecular weight is 283 g/mol. The number of ether oxygens (including phenoxy) is 1. The first-order valence-electron chi connectivity index (χ1n) is 6.00. The summed E-state index contributed by atoms with van der Waals surface area (Å²) < 4.78 is 9.88. The Morgan fingerprint density at radius 1 is 1.53 bits per heavy atom. The Labute approximate surface area is 116 Å². The van der Waals surface area contributed by atoms with Crippen molar-refractivity contribution in [3.05, 3.63) is 23.7 Å². The van der Waals surface area contributed by atoms with Gasteiger partial charge in [-0.1, -0.05) is 0 Å². The number of aliphatic imine (C=N–C) groups is 1. The highest BCUT2D eigenvalue weighted by Gasteiger charge is 2.13. The molecule has 104 valence electrons. The standard InChI is InChI=1S/C12H17N3O3S/c1-17-11(16)10-3-2-9(18-10)8-14-12(13)15-4-6-19-7-5-15/h2-3H,4-8H2,1H3,(H2,13,14). The smallest absolute Gasteiger partial charge is 0.373 e. The van der Waals surface area contributed by atoms with E-state index in [0.717, 1.165) is 24.6 Å². The van der Waals surface area contributed by atoms with Crippen molar-refractivity contribution in [1.29, 1.82) is 0 Å². The summed E-state index contributed by atoms with van der Waals surface area (Å²) in [5, 5.41) is 0. The maximum absolute atomic E-state index is 11.2. The van der Waals surface area contributed by atoms with Crippen LogP contribution in [-0.2, 0) is 11.3 Å². The molecule has 0 aliphatic carbocycles. The summed E-state index contributed by atoms with van der Waals surface area (Å²) in [4.78, 5) is 17.6. The molecule has 1 saturated heterocycles. The quantitative estimate of drug-likeness (QED) is 0.505. The third-order valence-electron chi connectivity index (χ3n) is 2.78. The van der Waals surface area contributed by atoms with Gasteiger partial charge in [0.1, 0.15) is 12.3 Å². The second kappa shape index (κ2) is 6.51. The number of carbonyl (C=O) groups excluding carboxylic acids is 1. The van der Waals surface area contributed by atoms with Crippen molar-refractivity contribution in [3.63, 3.8) is 0 Å². The number of hydrogen-bond donors (Lipinski definition) is 1. The summed E-state index contributed by atoms with van der Waals surface area (Å²) in [5.41, 5.74) is 5.92. The Kier molecular flexibility index (Phi) is 4.73. The van der Waals surface area contributed by atoms with Crippen LogP contribution in [0.2, 0.25) is 0 Å². The van der Waals surface area contributed by atoms with Crippen molar-refractivity contribution in [2.45, 2.75) is 6.54 Å². The van der Waals surface area contributed by atoms with E-state index in [0.29, 0.717) is 18.3 Å². The second-order valence-electron chi connectivity index (χ2n) is 4.03. The molecule has 19 heavy (non-hydrogen) atoms. The molecular formula is C12H17N3O3S. The number of nitrogens with zero attached hydrogens (tertiary/aromatic N) is 2. The van der Waals surface area contributed by atoms with Crippen molar-refractivity contribution in [3.8, 4) is 0 Å². The van der Waals surface area contributed by atoms with E-state index in [-0.39, 0.29) is 5.76 Å². The lowest BCUT2D eigenvalue weighted by Crippen LogP contribution is -2.42. The van der Waals surface area contributed by atoms with E-state index in [1.807, 2.05) is 11.8 Å². The first-order valence-corrected chi connectivity index (χ1v) is 7.16. The van der Waals surface area contributed by atoms with Crippen molar-refractivity contribution in [2.24, 2.45) is 10.7 Å². The summed E-state index contributed by atoms with van der Waals surface area (Å²) in [6.45, 7) is 2.17. The van der Waals surface area contributed by atoms with E-state index >= 15 is 0 Å². The van der Waals surface area contributed by atoms with E-state index in [9.17, 15) is 4.79 Å². The van der Waals surface area contributed by atoms with E-state index in [4.69, 9.17) is 10.2 Å². The Bertz CT molecular complexity index is 467. The van der Waals surface area contributed by atoms with Gasteiger partial charge in [0.15, 0.2) is 5.96 Å². The van der Waals surface area contributed by atoms with Crippen LogP contribution in [0.1, 0.15) is 16.3 Å². The van der Waals surface area contributed by atoms with Crippen LogP contribution in [0.5, 0.6) is 0 Å². The van der Waals surface area contributed by atoms with Crippen LogP contribution >= 0.6 is 11.8 Å². The Morgan fingerprint density at radius 3 is 2.95 bits per heavy atom. The second-order valence-corrected chi connectivity index (χ2v) is 5.26. The zero-order valence-electron chi connectivity index (χ0n) is 10.8. The average Bonchev–Trinajstić information content (AvgIpc) is 2.93. The lowest BCUT2D eigenvalue weighted by atomic mass is 10.4. The van der Waals surface area contributed by atoms with Gasteiger partial charge in [-0.05, 0) is 12.1 Å². The summed E-state index contributed by atoms with van der Waals surface area (Å²) in [6.07, 6.45) is 0. The van der Waals surface area contributed by atoms with Crippen LogP contribution in [0.4, 0.5) is 0 Å². The Hall–Kier alpha value is -1.63. The van der Waals surface area contributed by atoms with Gasteiger partial charge in [0.2, 0.25) is 5.76 Å². The van der Waals surface area contributed by atoms with Crippen LogP contribution in [0.3, 0.4) is 0 Å². The molecule has 6 nitrogen and oxygen atoms in total. The molecule has 1 aromatic rings. The highest BCUT2D eigenvalue weighted by atomic mass is 32.2. The number of carbonyl (C=O) groups is 1. The van der Waals surface area contributed by atoms with Crippen LogP contribution in [0.25, 0.3) is 0 Å². The minimum absolute atomic E-state index is 0.181. The summed E-state index contributed by atoms with van der Waals surface area (Å²) in [5.74, 6) is 2.95. The topological polar surface area (TPSA) is 81.1 Å². The predicted molar refractivity (Wildman–Crippen MR) is 74.3 cm³/mol. The van der Waals surface area contributed by atoms with Gasteiger partial charge in [-0.2, -0.15) is 11.8 Å². The number of esters is 1. The molecule has 1 fully saturated rings. The predicted octanol–water partition coefficient (Wildman–Crippen LogP) is 0.930. The Morgan fingerprint density at radius 2 is 2.26 bits per heavy atom. The van der Waals surface area contributed by atoms with Gasteiger partial charge < -0.3 is 19.8 Å². The monoisotopic (exact) mass is 283 g/mol. The van der Waals surface area contributed by atoms with Crippen LogP contribution in [-0.4, -0.2) is 48.5 Å². The third kappa shape index (κ3) is 3.66. The summed E-state index contributed by atoms with van der Waals surface area (Å²) in [6, 6.07) is 3.28. The fourth-order valence-electron chi connectivity index (χ4n) is 1.72. The maximum Gasteiger partial charge on any atom is 0.373 e. The Balaban J connectivity index is 1.93. The maximum atomic E-state index is 11.2. The van der Waals surface area contributed by atoms with Gasteiger partial charge in [0.25, 0.3) is 0 Å². The summed E-state index contributed by atoms with van der Waals surface area (Å²) >= 11 is 1.92. The third-order valence-corrected chi connectivity index (χ3v) is 3.72. The summed E-state index contributed by atoms with van der Waals surface area (Å²) in [7, 11) is 1.31. The molecule has 0 atom stereocenters. The van der Waals surface area contributed by atoms with Crippen LogP contribution < -0.4 is 5.73 Å². The molecule has 2 heterocycles. The van der Waals surface area contributed by atoms with Crippen molar-refractivity contribution >= 4 is 23.7 Å². The molecule has 7 heteroatoms. The first kappa shape index (κ1) is 13.8. The number of thioether (sulfide) groups is 1. The van der Waals surface area contributed by atoms with Gasteiger partial charge in [0, 0.05) is 24.6 Å². The van der Waals surface area contributed by atoms with Gasteiger partial charge >= 0.3 is 5.97 Å². The fraction of sp³-hybridized carbons (Fsp3) is 0.500. The van der Waals surface area contributed by atoms with Crippen molar-refractivity contribution in [2.75, 3.05) is 31.7 Å². The highest BCUT2D eigenvalue weighted by molar-refractivity contribution is 7.99. The van der Waals surface area contributed by atoms with Crippen molar-refractivity contribution < 1.29 is 13.9 Å². The largest absolute Gasteiger partial charge is 0.463 e. The zero-order valence-corrected chi connectivity index (χ0v) is 11.6. The fourth-order valence-corrected chi connectivity index (χ4v) is 2.63. The minimum atomic E-state index is -0.490. The molecule has 2 rings (SSSR count). The molecule has 0 radical (unpaired) electrons. The molecule has 1 aliphatic heterocycles. The normalized spacial score (nSPS) is 16.5. The number of guanidine groups is 1. The van der Waals surface area contributed by atoms with Gasteiger partial charge in [-0.15, -0.1) is 0 Å². The SMILES string of the molecule is COC(=O)c1ccc(CN=C(N)N2CCSCC2)o1. The lowest BCUT2D eigenvalue weighted by molar-refractivity contribution is 0.0563. The molecule has 0 unspecified atom stereocenters. The molecule has 0 amide bonds. The van der Waals surface area contributed by atoms with E-state index in [1.165, 1.54) is 7.11 Å². The molecule has 1 aliphatic rings. The molecule has 2 N–H and O–H groups in total. The van der Waals surface area contributed by atoms with Crippen LogP contribution in [0.15, 0.2) is 21.5 Å². The molecule has 0 bridgehead atoms. The number of methoxy groups -OCH3 is 1.